The van der Waals surface area contributed by atoms with E-state index in [9.17, 15) is 14.4 Å². The Kier molecular flexibility index (Phi) is 7.43. The molecular formula is C23H27N3O4. The van der Waals surface area contributed by atoms with Gasteiger partial charge in [0.1, 0.15) is 0 Å². The molecule has 0 bridgehead atoms. The van der Waals surface area contributed by atoms with Gasteiger partial charge in [-0.1, -0.05) is 43.3 Å². The lowest BCUT2D eigenvalue weighted by Crippen LogP contribution is -2.45. The average Bonchev–Trinajstić information content (AvgIpc) is 2.78. The summed E-state index contributed by atoms with van der Waals surface area (Å²) in [6.45, 7) is 2.52. The first kappa shape index (κ1) is 21.4. The zero-order valence-corrected chi connectivity index (χ0v) is 17.1. The van der Waals surface area contributed by atoms with Crippen LogP contribution >= 0.6 is 0 Å². The minimum atomic E-state index is -0.453. The summed E-state index contributed by atoms with van der Waals surface area (Å²) in [5.74, 6) is -1.26. The van der Waals surface area contributed by atoms with Crippen LogP contribution in [-0.4, -0.2) is 42.5 Å². The fourth-order valence-electron chi connectivity index (χ4n) is 3.47. The highest BCUT2D eigenvalue weighted by atomic mass is 16.5. The van der Waals surface area contributed by atoms with Crippen LogP contribution in [0.3, 0.4) is 0 Å². The third-order valence-electron chi connectivity index (χ3n) is 5.08. The molecular weight excluding hydrogens is 382 g/mol. The van der Waals surface area contributed by atoms with Gasteiger partial charge in [0.15, 0.2) is 6.61 Å². The molecule has 1 heterocycles. The van der Waals surface area contributed by atoms with Crippen LogP contribution in [0.2, 0.25) is 0 Å². The largest absolute Gasteiger partial charge is 0.455 e. The lowest BCUT2D eigenvalue weighted by Gasteiger charge is -2.31. The van der Waals surface area contributed by atoms with Crippen LogP contribution in [0.4, 0.5) is 16.2 Å². The van der Waals surface area contributed by atoms with Crippen molar-refractivity contribution in [3.63, 3.8) is 0 Å². The van der Waals surface area contributed by atoms with E-state index in [1.54, 1.807) is 4.90 Å². The van der Waals surface area contributed by atoms with Crippen LogP contribution in [-0.2, 0) is 20.7 Å². The lowest BCUT2D eigenvalue weighted by atomic mass is 9.98. The number of hydrogen-bond acceptors (Lipinski definition) is 4. The second-order valence-electron chi connectivity index (χ2n) is 7.25. The van der Waals surface area contributed by atoms with Crippen LogP contribution in [0.5, 0.6) is 0 Å². The van der Waals surface area contributed by atoms with Crippen molar-refractivity contribution in [3.8, 4) is 0 Å². The number of rotatable bonds is 6. The summed E-state index contributed by atoms with van der Waals surface area (Å²) in [5, 5.41) is 5.61. The number of ether oxygens (including phenoxy) is 1. The Bertz CT molecular complexity index is 885. The van der Waals surface area contributed by atoms with Crippen LogP contribution in [0, 0.1) is 5.92 Å². The minimum Gasteiger partial charge on any atom is -0.455 e. The molecule has 1 aliphatic rings. The van der Waals surface area contributed by atoms with Gasteiger partial charge in [-0.15, -0.1) is 0 Å². The summed E-state index contributed by atoms with van der Waals surface area (Å²) in [7, 11) is 0. The normalized spacial score (nSPS) is 15.9. The van der Waals surface area contributed by atoms with Crippen molar-refractivity contribution >= 4 is 29.3 Å². The molecule has 1 atom stereocenters. The number of likely N-dealkylation sites (tertiary alicyclic amines) is 1. The van der Waals surface area contributed by atoms with E-state index < -0.39 is 11.9 Å². The lowest BCUT2D eigenvalue weighted by molar-refractivity contribution is -0.152. The van der Waals surface area contributed by atoms with Gasteiger partial charge in [0.25, 0.3) is 5.91 Å². The molecule has 1 fully saturated rings. The predicted octanol–water partition coefficient (Wildman–Crippen LogP) is 3.67. The maximum Gasteiger partial charge on any atom is 0.321 e. The van der Waals surface area contributed by atoms with Crippen molar-refractivity contribution < 1.29 is 19.1 Å². The number of aryl methyl sites for hydroxylation is 1. The number of carbonyl (C=O) groups excluding carboxylic acids is 3. The molecule has 0 saturated carbocycles. The zero-order chi connectivity index (χ0) is 21.3. The first-order chi connectivity index (χ1) is 14.6. The van der Waals surface area contributed by atoms with Crippen molar-refractivity contribution in [1.82, 2.24) is 4.90 Å². The standard InChI is InChI=1S/C23H27N3O4/c1-2-17-9-6-7-13-20(17)25-21(27)16-30-22(28)18-10-8-14-26(15-18)23(29)24-19-11-4-3-5-12-19/h3-7,9,11-13,18H,2,8,10,14-16H2,1H3,(H,24,29)(H,25,27). The summed E-state index contributed by atoms with van der Waals surface area (Å²) in [4.78, 5) is 38.7. The number of benzene rings is 2. The van der Waals surface area contributed by atoms with E-state index >= 15 is 0 Å². The summed E-state index contributed by atoms with van der Waals surface area (Å²) >= 11 is 0. The molecule has 2 aromatic carbocycles. The third kappa shape index (κ3) is 5.83. The molecule has 3 rings (SSSR count). The molecule has 30 heavy (non-hydrogen) atoms. The topological polar surface area (TPSA) is 87.7 Å². The fourth-order valence-corrected chi connectivity index (χ4v) is 3.47. The highest BCUT2D eigenvalue weighted by molar-refractivity contribution is 5.94. The van der Waals surface area contributed by atoms with E-state index in [1.165, 1.54) is 0 Å². The number of nitrogens with one attached hydrogen (secondary N) is 2. The van der Waals surface area contributed by atoms with Gasteiger partial charge < -0.3 is 20.3 Å². The number of nitrogens with zero attached hydrogens (tertiary/aromatic N) is 1. The number of hydrogen-bond donors (Lipinski definition) is 2. The van der Waals surface area contributed by atoms with Crippen molar-refractivity contribution in [2.24, 2.45) is 5.92 Å². The summed E-state index contributed by atoms with van der Waals surface area (Å²) in [6.07, 6.45) is 2.13. The van der Waals surface area contributed by atoms with Crippen molar-refractivity contribution in [2.75, 3.05) is 30.3 Å². The average molecular weight is 409 g/mol. The van der Waals surface area contributed by atoms with E-state index in [0.29, 0.717) is 25.1 Å². The number of amides is 3. The van der Waals surface area contributed by atoms with Gasteiger partial charge in [0, 0.05) is 24.5 Å². The Labute approximate surface area is 176 Å². The fraction of sp³-hybridized carbons (Fsp3) is 0.348. The van der Waals surface area contributed by atoms with E-state index in [-0.39, 0.29) is 25.1 Å². The van der Waals surface area contributed by atoms with Gasteiger partial charge in [-0.2, -0.15) is 0 Å². The molecule has 1 unspecified atom stereocenters. The highest BCUT2D eigenvalue weighted by Gasteiger charge is 2.30. The third-order valence-corrected chi connectivity index (χ3v) is 5.08. The Balaban J connectivity index is 1.48. The molecule has 7 nitrogen and oxygen atoms in total. The number of esters is 1. The van der Waals surface area contributed by atoms with Crippen LogP contribution in [0.15, 0.2) is 54.6 Å². The smallest absolute Gasteiger partial charge is 0.321 e. The highest BCUT2D eigenvalue weighted by Crippen LogP contribution is 2.20. The van der Waals surface area contributed by atoms with Gasteiger partial charge in [-0.3, -0.25) is 9.59 Å². The molecule has 1 aliphatic heterocycles. The molecule has 1 saturated heterocycles. The number of carbonyl (C=O) groups is 3. The Hall–Kier alpha value is -3.35. The molecule has 2 aromatic rings. The van der Waals surface area contributed by atoms with Crippen molar-refractivity contribution in [2.45, 2.75) is 26.2 Å². The number of anilines is 2. The molecule has 0 radical (unpaired) electrons. The van der Waals surface area contributed by atoms with Gasteiger partial charge in [0.2, 0.25) is 0 Å². The Morgan fingerprint density at radius 1 is 1.03 bits per heavy atom. The molecule has 2 N–H and O–H groups in total. The maximum absolute atomic E-state index is 12.5. The first-order valence-electron chi connectivity index (χ1n) is 10.2. The van der Waals surface area contributed by atoms with Crippen LogP contribution in [0.1, 0.15) is 25.3 Å². The SMILES string of the molecule is CCc1ccccc1NC(=O)COC(=O)C1CCCN(C(=O)Nc2ccccc2)C1. The van der Waals surface area contributed by atoms with E-state index in [0.717, 1.165) is 17.7 Å². The summed E-state index contributed by atoms with van der Waals surface area (Å²) in [6, 6.07) is 16.5. The Morgan fingerprint density at radius 3 is 2.53 bits per heavy atom. The number of para-hydroxylation sites is 2. The van der Waals surface area contributed by atoms with E-state index in [4.69, 9.17) is 4.74 Å². The molecule has 0 aromatic heterocycles. The Morgan fingerprint density at radius 2 is 1.77 bits per heavy atom. The van der Waals surface area contributed by atoms with E-state index in [1.807, 2.05) is 61.5 Å². The second kappa shape index (κ2) is 10.4. The maximum atomic E-state index is 12.5. The minimum absolute atomic E-state index is 0.243. The molecule has 7 heteroatoms. The quantitative estimate of drug-likeness (QED) is 0.713. The van der Waals surface area contributed by atoms with Crippen molar-refractivity contribution in [1.29, 1.82) is 0 Å². The number of piperidine rings is 1. The molecule has 158 valence electrons. The second-order valence-corrected chi connectivity index (χ2v) is 7.25. The van der Waals surface area contributed by atoms with Gasteiger partial charge in [-0.25, -0.2) is 4.79 Å². The van der Waals surface area contributed by atoms with E-state index in [2.05, 4.69) is 10.6 Å². The van der Waals surface area contributed by atoms with Gasteiger partial charge in [0.05, 0.1) is 5.92 Å². The zero-order valence-electron chi connectivity index (χ0n) is 17.1. The van der Waals surface area contributed by atoms with Gasteiger partial charge in [-0.05, 0) is 43.0 Å². The van der Waals surface area contributed by atoms with Crippen molar-refractivity contribution in [3.05, 3.63) is 60.2 Å². The molecule has 0 aliphatic carbocycles. The van der Waals surface area contributed by atoms with Crippen LogP contribution in [0.25, 0.3) is 0 Å². The van der Waals surface area contributed by atoms with Gasteiger partial charge >= 0.3 is 12.0 Å². The number of urea groups is 1. The first-order valence-corrected chi connectivity index (χ1v) is 10.2. The monoisotopic (exact) mass is 409 g/mol. The predicted molar refractivity (Wildman–Crippen MR) is 115 cm³/mol. The molecule has 3 amide bonds. The molecule has 0 spiro atoms. The van der Waals surface area contributed by atoms with Crippen LogP contribution < -0.4 is 10.6 Å². The summed E-state index contributed by atoms with van der Waals surface area (Å²) < 4.78 is 5.23. The summed E-state index contributed by atoms with van der Waals surface area (Å²) in [5.41, 5.74) is 2.45.